The summed E-state index contributed by atoms with van der Waals surface area (Å²) in [6.45, 7) is 11.5. The molecule has 0 aliphatic heterocycles. The highest BCUT2D eigenvalue weighted by Gasteiger charge is 1.98. The molecule has 0 saturated heterocycles. The van der Waals surface area contributed by atoms with E-state index in [-0.39, 0.29) is 0 Å². The Morgan fingerprint density at radius 1 is 1.05 bits per heavy atom. The molecule has 0 spiro atoms. The van der Waals surface area contributed by atoms with Crippen molar-refractivity contribution in [3.05, 3.63) is 35.4 Å². The van der Waals surface area contributed by atoms with Gasteiger partial charge in [0.2, 0.25) is 0 Å². The molecule has 0 aromatic heterocycles. The van der Waals surface area contributed by atoms with E-state index < -0.39 is 0 Å². The van der Waals surface area contributed by atoms with Gasteiger partial charge in [0, 0.05) is 13.2 Å². The average molecular weight is 293 g/mol. The van der Waals surface area contributed by atoms with Gasteiger partial charge in [-0.1, -0.05) is 51.5 Å². The molecule has 3 heteroatoms. The second kappa shape index (κ2) is 11.7. The zero-order valence-electron chi connectivity index (χ0n) is 13.9. The monoisotopic (exact) mass is 293 g/mol. The van der Waals surface area contributed by atoms with Gasteiger partial charge in [-0.2, -0.15) is 0 Å². The average Bonchev–Trinajstić information content (AvgIpc) is 2.46. The van der Waals surface area contributed by atoms with Crippen molar-refractivity contribution in [3.8, 4) is 0 Å². The minimum atomic E-state index is 0.662. The third-order valence-corrected chi connectivity index (χ3v) is 3.16. The highest BCUT2D eigenvalue weighted by molar-refractivity contribution is 5.22. The van der Waals surface area contributed by atoms with Crippen molar-refractivity contribution in [3.63, 3.8) is 0 Å². The molecule has 0 amide bonds. The Hall–Kier alpha value is -0.900. The van der Waals surface area contributed by atoms with Crippen LogP contribution >= 0.6 is 0 Å². The first-order valence-corrected chi connectivity index (χ1v) is 8.16. The Morgan fingerprint density at radius 2 is 1.81 bits per heavy atom. The zero-order valence-corrected chi connectivity index (χ0v) is 13.9. The summed E-state index contributed by atoms with van der Waals surface area (Å²) in [5.41, 5.74) is 2.54. The first-order chi connectivity index (χ1) is 10.2. The zero-order chi connectivity index (χ0) is 15.3. The van der Waals surface area contributed by atoms with Crippen LogP contribution in [0.25, 0.3) is 0 Å². The maximum absolute atomic E-state index is 5.65. The Bertz CT molecular complexity index is 366. The molecule has 1 aromatic rings. The highest BCUT2D eigenvalue weighted by Crippen LogP contribution is 2.07. The maximum Gasteiger partial charge on any atom is 0.0718 e. The normalized spacial score (nSPS) is 11.2. The van der Waals surface area contributed by atoms with E-state index in [1.807, 2.05) is 0 Å². The first-order valence-electron chi connectivity index (χ1n) is 8.16. The molecular formula is C18H31NO2. The fourth-order valence-corrected chi connectivity index (χ4v) is 1.99. The number of rotatable bonds is 12. The predicted octanol–water partition coefficient (Wildman–Crippen LogP) is 3.77. The van der Waals surface area contributed by atoms with Crippen LogP contribution in [0.2, 0.25) is 0 Å². The molecule has 0 bridgehead atoms. The van der Waals surface area contributed by atoms with Crippen molar-refractivity contribution in [2.75, 3.05) is 26.4 Å². The second-order valence-electron chi connectivity index (χ2n) is 5.86. The summed E-state index contributed by atoms with van der Waals surface area (Å²) in [5, 5.41) is 3.46. The van der Waals surface area contributed by atoms with Gasteiger partial charge in [0.1, 0.15) is 0 Å². The molecule has 0 heterocycles. The number of nitrogens with one attached hydrogen (secondary N) is 1. The molecule has 0 fully saturated rings. The number of hydrogen-bond acceptors (Lipinski definition) is 3. The standard InChI is InChI=1S/C18H31NO2/c1-4-5-9-20-10-11-21-15-18-8-6-7-17(12-18)14-19-13-16(2)3/h6-8,12,16,19H,4-5,9-11,13-15H2,1-3H3. The number of benzene rings is 1. The van der Waals surface area contributed by atoms with Gasteiger partial charge in [0.15, 0.2) is 0 Å². The lowest BCUT2D eigenvalue weighted by atomic mass is 10.1. The summed E-state index contributed by atoms with van der Waals surface area (Å²) >= 11 is 0. The smallest absolute Gasteiger partial charge is 0.0718 e. The maximum atomic E-state index is 5.65. The van der Waals surface area contributed by atoms with E-state index in [9.17, 15) is 0 Å². The molecule has 1 rings (SSSR count). The van der Waals surface area contributed by atoms with Gasteiger partial charge in [-0.15, -0.1) is 0 Å². The summed E-state index contributed by atoms with van der Waals surface area (Å²) < 4.78 is 11.1. The molecular weight excluding hydrogens is 262 g/mol. The minimum absolute atomic E-state index is 0.662. The van der Waals surface area contributed by atoms with Crippen molar-refractivity contribution in [1.29, 1.82) is 0 Å². The largest absolute Gasteiger partial charge is 0.379 e. The Kier molecular flexibility index (Phi) is 10.1. The van der Waals surface area contributed by atoms with E-state index in [1.165, 1.54) is 17.5 Å². The van der Waals surface area contributed by atoms with E-state index in [4.69, 9.17) is 9.47 Å². The van der Waals surface area contributed by atoms with Crippen LogP contribution in [0.5, 0.6) is 0 Å². The second-order valence-corrected chi connectivity index (χ2v) is 5.86. The van der Waals surface area contributed by atoms with Crippen LogP contribution in [-0.4, -0.2) is 26.4 Å². The summed E-state index contributed by atoms with van der Waals surface area (Å²) in [5.74, 6) is 0.684. The third kappa shape index (κ3) is 9.62. The number of hydrogen-bond donors (Lipinski definition) is 1. The molecule has 120 valence electrons. The SMILES string of the molecule is CCCCOCCOCc1cccc(CNCC(C)C)c1. The van der Waals surface area contributed by atoms with Gasteiger partial charge < -0.3 is 14.8 Å². The minimum Gasteiger partial charge on any atom is -0.379 e. The lowest BCUT2D eigenvalue weighted by Gasteiger charge is -2.09. The predicted molar refractivity (Wildman–Crippen MR) is 88.4 cm³/mol. The lowest BCUT2D eigenvalue weighted by Crippen LogP contribution is -2.19. The van der Waals surface area contributed by atoms with E-state index in [2.05, 4.69) is 50.4 Å². The molecule has 0 saturated carbocycles. The number of ether oxygens (including phenoxy) is 2. The third-order valence-electron chi connectivity index (χ3n) is 3.16. The molecule has 0 radical (unpaired) electrons. The molecule has 0 atom stereocenters. The van der Waals surface area contributed by atoms with Crippen molar-refractivity contribution >= 4 is 0 Å². The van der Waals surface area contributed by atoms with Crippen LogP contribution < -0.4 is 5.32 Å². The van der Waals surface area contributed by atoms with Crippen molar-refractivity contribution in [2.45, 2.75) is 46.8 Å². The molecule has 0 aliphatic carbocycles. The first kappa shape index (κ1) is 18.1. The van der Waals surface area contributed by atoms with Crippen LogP contribution in [0.15, 0.2) is 24.3 Å². The molecule has 0 unspecified atom stereocenters. The number of unbranched alkanes of at least 4 members (excludes halogenated alkanes) is 1. The molecule has 21 heavy (non-hydrogen) atoms. The summed E-state index contributed by atoms with van der Waals surface area (Å²) in [4.78, 5) is 0. The fraction of sp³-hybridized carbons (Fsp3) is 0.667. The van der Waals surface area contributed by atoms with E-state index in [1.54, 1.807) is 0 Å². The summed E-state index contributed by atoms with van der Waals surface area (Å²) in [6.07, 6.45) is 2.31. The Labute approximate surface area is 130 Å². The van der Waals surface area contributed by atoms with E-state index in [0.717, 1.165) is 26.1 Å². The summed E-state index contributed by atoms with van der Waals surface area (Å²) in [6, 6.07) is 8.59. The Morgan fingerprint density at radius 3 is 2.57 bits per heavy atom. The molecule has 3 nitrogen and oxygen atoms in total. The quantitative estimate of drug-likeness (QED) is 0.595. The van der Waals surface area contributed by atoms with Crippen molar-refractivity contribution in [1.82, 2.24) is 5.32 Å². The van der Waals surface area contributed by atoms with Gasteiger partial charge in [-0.25, -0.2) is 0 Å². The van der Waals surface area contributed by atoms with Gasteiger partial charge in [-0.05, 0) is 30.0 Å². The van der Waals surface area contributed by atoms with Gasteiger partial charge >= 0.3 is 0 Å². The van der Waals surface area contributed by atoms with Crippen LogP contribution in [0.4, 0.5) is 0 Å². The topological polar surface area (TPSA) is 30.5 Å². The van der Waals surface area contributed by atoms with Crippen LogP contribution in [0, 0.1) is 5.92 Å². The van der Waals surface area contributed by atoms with E-state index >= 15 is 0 Å². The van der Waals surface area contributed by atoms with Gasteiger partial charge in [-0.3, -0.25) is 0 Å². The van der Waals surface area contributed by atoms with Crippen LogP contribution in [0.1, 0.15) is 44.7 Å². The molecule has 1 aromatic carbocycles. The lowest BCUT2D eigenvalue weighted by molar-refractivity contribution is 0.0396. The van der Waals surface area contributed by atoms with Gasteiger partial charge in [0.25, 0.3) is 0 Å². The highest BCUT2D eigenvalue weighted by atomic mass is 16.5. The van der Waals surface area contributed by atoms with Crippen LogP contribution in [-0.2, 0) is 22.6 Å². The van der Waals surface area contributed by atoms with Crippen LogP contribution in [0.3, 0.4) is 0 Å². The fourth-order valence-electron chi connectivity index (χ4n) is 1.99. The molecule has 1 N–H and O–H groups in total. The van der Waals surface area contributed by atoms with Gasteiger partial charge in [0.05, 0.1) is 19.8 Å². The van der Waals surface area contributed by atoms with Crippen molar-refractivity contribution < 1.29 is 9.47 Å². The Balaban J connectivity index is 2.17. The molecule has 0 aliphatic rings. The van der Waals surface area contributed by atoms with Crippen molar-refractivity contribution in [2.24, 2.45) is 5.92 Å². The van der Waals surface area contributed by atoms with E-state index in [0.29, 0.717) is 25.7 Å². The summed E-state index contributed by atoms with van der Waals surface area (Å²) in [7, 11) is 0.